The van der Waals surface area contributed by atoms with E-state index in [1.165, 1.54) is 12.1 Å². The zero-order chi connectivity index (χ0) is 14.8. The summed E-state index contributed by atoms with van der Waals surface area (Å²) in [6, 6.07) is 5.80. The molecule has 0 radical (unpaired) electrons. The predicted molar refractivity (Wildman–Crippen MR) is 80.3 cm³/mol. The molecule has 120 valence electrons. The van der Waals surface area contributed by atoms with E-state index in [0.29, 0.717) is 12.5 Å². The number of hydrogen-bond acceptors (Lipinski definition) is 2. The Bertz CT molecular complexity index is 441. The minimum Gasteiger partial charge on any atom is -0.328 e. The summed E-state index contributed by atoms with van der Waals surface area (Å²) in [5.41, 5.74) is 6.04. The topological polar surface area (TPSA) is 29.3 Å². The zero-order valence-electron chi connectivity index (χ0n) is 12.1. The Morgan fingerprint density at radius 2 is 1.90 bits per heavy atom. The van der Waals surface area contributed by atoms with Crippen molar-refractivity contribution in [1.29, 1.82) is 0 Å². The first kappa shape index (κ1) is 18.3. The summed E-state index contributed by atoms with van der Waals surface area (Å²) in [5, 5.41) is 0. The summed E-state index contributed by atoms with van der Waals surface area (Å²) in [7, 11) is 0. The highest BCUT2D eigenvalue weighted by Gasteiger charge is 2.30. The van der Waals surface area contributed by atoms with Gasteiger partial charge in [0.2, 0.25) is 0 Å². The van der Waals surface area contributed by atoms with Crippen LogP contribution in [0.5, 0.6) is 0 Å². The van der Waals surface area contributed by atoms with Gasteiger partial charge < -0.3 is 5.73 Å². The molecule has 1 saturated heterocycles. The van der Waals surface area contributed by atoms with Gasteiger partial charge in [-0.15, -0.1) is 12.4 Å². The molecule has 21 heavy (non-hydrogen) atoms. The van der Waals surface area contributed by atoms with E-state index >= 15 is 0 Å². The maximum Gasteiger partial charge on any atom is 0.416 e. The van der Waals surface area contributed by atoms with Crippen LogP contribution in [0.25, 0.3) is 0 Å². The normalized spacial score (nSPS) is 19.1. The van der Waals surface area contributed by atoms with Crippen LogP contribution in [-0.4, -0.2) is 24.0 Å². The van der Waals surface area contributed by atoms with Crippen LogP contribution in [-0.2, 0) is 12.7 Å². The lowest BCUT2D eigenvalue weighted by Gasteiger charge is -2.33. The lowest BCUT2D eigenvalue weighted by atomic mass is 9.91. The number of halogens is 4. The molecule has 1 aliphatic rings. The molecule has 6 heteroatoms. The highest BCUT2D eigenvalue weighted by molar-refractivity contribution is 5.85. The number of likely N-dealkylation sites (tertiary alicyclic amines) is 1. The maximum absolute atomic E-state index is 12.7. The Hall–Kier alpha value is -0.780. The van der Waals surface area contributed by atoms with E-state index in [4.69, 9.17) is 5.73 Å². The zero-order valence-corrected chi connectivity index (χ0v) is 12.9. The Kier molecular flexibility index (Phi) is 6.50. The van der Waals surface area contributed by atoms with Gasteiger partial charge in [0, 0.05) is 12.6 Å². The first-order valence-electron chi connectivity index (χ1n) is 7.00. The van der Waals surface area contributed by atoms with Gasteiger partial charge in [-0.2, -0.15) is 13.2 Å². The molecule has 0 spiro atoms. The Morgan fingerprint density at radius 1 is 1.29 bits per heavy atom. The van der Waals surface area contributed by atoms with Crippen LogP contribution >= 0.6 is 12.4 Å². The molecule has 1 fully saturated rings. The van der Waals surface area contributed by atoms with Gasteiger partial charge in [-0.3, -0.25) is 4.90 Å². The second kappa shape index (κ2) is 7.47. The number of hydrogen-bond donors (Lipinski definition) is 1. The van der Waals surface area contributed by atoms with Crippen LogP contribution in [0, 0.1) is 5.92 Å². The SMILES string of the molecule is CC(N)C1CCN(Cc2cccc(C(F)(F)F)c2)CC1.Cl. The van der Waals surface area contributed by atoms with Crippen LogP contribution < -0.4 is 5.73 Å². The molecule has 0 aliphatic carbocycles. The number of nitrogens with two attached hydrogens (primary N) is 1. The molecule has 1 unspecified atom stereocenters. The van der Waals surface area contributed by atoms with Crippen molar-refractivity contribution in [2.24, 2.45) is 11.7 Å². The summed E-state index contributed by atoms with van der Waals surface area (Å²) in [5.74, 6) is 0.535. The molecule has 0 amide bonds. The monoisotopic (exact) mass is 322 g/mol. The molecule has 2 nitrogen and oxygen atoms in total. The smallest absolute Gasteiger partial charge is 0.328 e. The summed E-state index contributed by atoms with van der Waals surface area (Å²) in [4.78, 5) is 2.20. The van der Waals surface area contributed by atoms with Crippen LogP contribution in [0.3, 0.4) is 0 Å². The molecule has 1 aromatic rings. The standard InChI is InChI=1S/C15H21F3N2.ClH/c1-11(19)13-5-7-20(8-6-13)10-12-3-2-4-14(9-12)15(16,17)18;/h2-4,9,11,13H,5-8,10,19H2,1H3;1H. The van der Waals surface area contributed by atoms with Crippen molar-refractivity contribution in [1.82, 2.24) is 4.90 Å². The average molecular weight is 323 g/mol. The van der Waals surface area contributed by atoms with Gasteiger partial charge in [0.15, 0.2) is 0 Å². The second-order valence-electron chi connectivity index (χ2n) is 5.67. The fraction of sp³-hybridized carbons (Fsp3) is 0.600. The van der Waals surface area contributed by atoms with Gasteiger partial charge in [-0.1, -0.05) is 18.2 Å². The van der Waals surface area contributed by atoms with E-state index in [1.807, 2.05) is 6.92 Å². The Labute approximate surface area is 129 Å². The van der Waals surface area contributed by atoms with Crippen molar-refractivity contribution in [3.63, 3.8) is 0 Å². The minimum atomic E-state index is -4.27. The largest absolute Gasteiger partial charge is 0.416 e. The number of benzene rings is 1. The second-order valence-corrected chi connectivity index (χ2v) is 5.67. The third-order valence-corrected chi connectivity index (χ3v) is 4.04. The van der Waals surface area contributed by atoms with E-state index in [1.54, 1.807) is 6.07 Å². The molecular formula is C15H22ClF3N2. The quantitative estimate of drug-likeness (QED) is 0.919. The van der Waals surface area contributed by atoms with E-state index in [9.17, 15) is 13.2 Å². The van der Waals surface area contributed by atoms with E-state index in [-0.39, 0.29) is 18.4 Å². The Balaban J connectivity index is 0.00000220. The highest BCUT2D eigenvalue weighted by atomic mass is 35.5. The summed E-state index contributed by atoms with van der Waals surface area (Å²) >= 11 is 0. The number of rotatable bonds is 3. The maximum atomic E-state index is 12.7. The number of nitrogens with zero attached hydrogens (tertiary/aromatic N) is 1. The highest BCUT2D eigenvalue weighted by Crippen LogP contribution is 2.30. The molecule has 0 saturated carbocycles. The molecule has 0 bridgehead atoms. The van der Waals surface area contributed by atoms with Gasteiger partial charge in [-0.05, 0) is 50.4 Å². The third kappa shape index (κ3) is 5.16. The molecular weight excluding hydrogens is 301 g/mol. The lowest BCUT2D eigenvalue weighted by molar-refractivity contribution is -0.137. The van der Waals surface area contributed by atoms with Crippen molar-refractivity contribution in [2.45, 2.75) is 38.5 Å². The van der Waals surface area contributed by atoms with Crippen LogP contribution in [0.1, 0.15) is 30.9 Å². The number of alkyl halides is 3. The van der Waals surface area contributed by atoms with Crippen molar-refractivity contribution >= 4 is 12.4 Å². The van der Waals surface area contributed by atoms with Gasteiger partial charge in [0.25, 0.3) is 0 Å². The fourth-order valence-corrected chi connectivity index (χ4v) is 2.74. The van der Waals surface area contributed by atoms with Gasteiger partial charge >= 0.3 is 6.18 Å². The van der Waals surface area contributed by atoms with Crippen molar-refractivity contribution < 1.29 is 13.2 Å². The van der Waals surface area contributed by atoms with Crippen LogP contribution in [0.2, 0.25) is 0 Å². The summed E-state index contributed by atoms with van der Waals surface area (Å²) in [6.07, 6.45) is -2.22. The third-order valence-electron chi connectivity index (χ3n) is 4.04. The fourth-order valence-electron chi connectivity index (χ4n) is 2.74. The van der Waals surface area contributed by atoms with E-state index in [0.717, 1.165) is 37.6 Å². The first-order chi connectivity index (χ1) is 9.36. The molecule has 2 rings (SSSR count). The molecule has 0 aromatic heterocycles. The first-order valence-corrected chi connectivity index (χ1v) is 7.00. The van der Waals surface area contributed by atoms with Crippen LogP contribution in [0.15, 0.2) is 24.3 Å². The Morgan fingerprint density at radius 3 is 2.43 bits per heavy atom. The average Bonchev–Trinajstić information content (AvgIpc) is 2.38. The summed E-state index contributed by atoms with van der Waals surface area (Å²) < 4.78 is 38.0. The lowest BCUT2D eigenvalue weighted by Crippen LogP contribution is -2.39. The van der Waals surface area contributed by atoms with Gasteiger partial charge in [0.1, 0.15) is 0 Å². The van der Waals surface area contributed by atoms with E-state index in [2.05, 4.69) is 4.90 Å². The molecule has 1 aromatic carbocycles. The molecule has 1 aliphatic heterocycles. The molecule has 1 atom stereocenters. The molecule has 1 heterocycles. The van der Waals surface area contributed by atoms with Crippen LogP contribution in [0.4, 0.5) is 13.2 Å². The van der Waals surface area contributed by atoms with Gasteiger partial charge in [0.05, 0.1) is 5.56 Å². The summed E-state index contributed by atoms with van der Waals surface area (Å²) in [6.45, 7) is 4.41. The number of piperidine rings is 1. The van der Waals surface area contributed by atoms with Crippen molar-refractivity contribution in [3.8, 4) is 0 Å². The minimum absolute atomic E-state index is 0. The predicted octanol–water partition coefficient (Wildman–Crippen LogP) is 3.69. The van der Waals surface area contributed by atoms with Crippen molar-refractivity contribution in [2.75, 3.05) is 13.1 Å². The molecule has 2 N–H and O–H groups in total. The van der Waals surface area contributed by atoms with Gasteiger partial charge in [-0.25, -0.2) is 0 Å². The van der Waals surface area contributed by atoms with E-state index < -0.39 is 11.7 Å². The van der Waals surface area contributed by atoms with Crippen molar-refractivity contribution in [3.05, 3.63) is 35.4 Å².